The molecule has 2 heterocycles. The van der Waals surface area contributed by atoms with E-state index in [4.69, 9.17) is 5.73 Å². The number of nitrogens with two attached hydrogens (primary N) is 1. The Morgan fingerprint density at radius 3 is 2.57 bits per heavy atom. The van der Waals surface area contributed by atoms with E-state index in [0.29, 0.717) is 22.1 Å². The highest BCUT2D eigenvalue weighted by atomic mass is 32.2. The molecule has 0 radical (unpaired) electrons. The van der Waals surface area contributed by atoms with Gasteiger partial charge in [-0.15, -0.1) is 11.8 Å². The SMILES string of the molecule is CSc1nn2c(N)cc(C)nc2c1S(=O)(=O)c1ccccc1C. The van der Waals surface area contributed by atoms with E-state index in [2.05, 4.69) is 10.1 Å². The molecule has 120 valence electrons. The largest absolute Gasteiger partial charge is 0.384 e. The molecule has 0 amide bonds. The van der Waals surface area contributed by atoms with Crippen molar-refractivity contribution in [2.24, 2.45) is 0 Å². The molecular formula is C15H16N4O2S2. The second-order valence-electron chi connectivity index (χ2n) is 5.17. The van der Waals surface area contributed by atoms with Gasteiger partial charge in [0, 0.05) is 11.8 Å². The summed E-state index contributed by atoms with van der Waals surface area (Å²) in [7, 11) is -3.75. The number of hydrogen-bond donors (Lipinski definition) is 1. The molecule has 1 aromatic carbocycles. The lowest BCUT2D eigenvalue weighted by Crippen LogP contribution is -2.07. The molecule has 3 rings (SSSR count). The first kappa shape index (κ1) is 15.8. The summed E-state index contributed by atoms with van der Waals surface area (Å²) in [6.07, 6.45) is 1.78. The van der Waals surface area contributed by atoms with Gasteiger partial charge in [0.25, 0.3) is 0 Å². The van der Waals surface area contributed by atoms with Crippen molar-refractivity contribution in [3.63, 3.8) is 0 Å². The summed E-state index contributed by atoms with van der Waals surface area (Å²) >= 11 is 1.26. The quantitative estimate of drug-likeness (QED) is 0.731. The smallest absolute Gasteiger partial charge is 0.213 e. The number of aryl methyl sites for hydroxylation is 2. The minimum absolute atomic E-state index is 0.106. The van der Waals surface area contributed by atoms with Gasteiger partial charge in [0.15, 0.2) is 10.5 Å². The average molecular weight is 348 g/mol. The first-order chi connectivity index (χ1) is 10.9. The van der Waals surface area contributed by atoms with E-state index in [9.17, 15) is 8.42 Å². The van der Waals surface area contributed by atoms with Crippen molar-refractivity contribution in [2.75, 3.05) is 12.0 Å². The number of sulfone groups is 1. The van der Waals surface area contributed by atoms with Crippen molar-refractivity contribution in [3.8, 4) is 0 Å². The zero-order valence-electron chi connectivity index (χ0n) is 12.9. The van der Waals surface area contributed by atoms with E-state index >= 15 is 0 Å². The molecule has 0 bridgehead atoms. The van der Waals surface area contributed by atoms with Crippen LogP contribution in [0.3, 0.4) is 0 Å². The van der Waals surface area contributed by atoms with E-state index in [1.54, 1.807) is 50.4 Å². The van der Waals surface area contributed by atoms with Crippen LogP contribution >= 0.6 is 11.8 Å². The molecule has 0 aliphatic heterocycles. The zero-order chi connectivity index (χ0) is 16.8. The Kier molecular flexibility index (Phi) is 3.81. The van der Waals surface area contributed by atoms with E-state index in [-0.39, 0.29) is 15.4 Å². The molecule has 6 nitrogen and oxygen atoms in total. The van der Waals surface area contributed by atoms with Gasteiger partial charge in [0.05, 0.1) is 4.90 Å². The van der Waals surface area contributed by atoms with Gasteiger partial charge in [0.1, 0.15) is 10.8 Å². The number of fused-ring (bicyclic) bond motifs is 1. The molecule has 8 heteroatoms. The molecule has 0 unspecified atom stereocenters. The summed E-state index contributed by atoms with van der Waals surface area (Å²) in [5.74, 6) is 0.356. The van der Waals surface area contributed by atoms with Gasteiger partial charge in [-0.25, -0.2) is 13.4 Å². The third-order valence-corrected chi connectivity index (χ3v) is 6.27. The summed E-state index contributed by atoms with van der Waals surface area (Å²) in [5.41, 5.74) is 7.54. The van der Waals surface area contributed by atoms with E-state index in [0.717, 1.165) is 0 Å². The predicted molar refractivity (Wildman–Crippen MR) is 90.5 cm³/mol. The van der Waals surface area contributed by atoms with Crippen molar-refractivity contribution in [1.82, 2.24) is 14.6 Å². The van der Waals surface area contributed by atoms with Crippen LogP contribution in [-0.2, 0) is 9.84 Å². The van der Waals surface area contributed by atoms with Crippen LogP contribution in [0.15, 0.2) is 45.1 Å². The van der Waals surface area contributed by atoms with Crippen LogP contribution in [0.4, 0.5) is 5.82 Å². The molecule has 23 heavy (non-hydrogen) atoms. The summed E-state index contributed by atoms with van der Waals surface area (Å²) in [6.45, 7) is 3.54. The fourth-order valence-electron chi connectivity index (χ4n) is 2.46. The lowest BCUT2D eigenvalue weighted by molar-refractivity contribution is 0.594. The number of benzene rings is 1. The summed E-state index contributed by atoms with van der Waals surface area (Å²) in [4.78, 5) is 4.72. The van der Waals surface area contributed by atoms with Crippen molar-refractivity contribution in [1.29, 1.82) is 0 Å². The number of nitrogens with zero attached hydrogens (tertiary/aromatic N) is 3. The van der Waals surface area contributed by atoms with Crippen LogP contribution < -0.4 is 5.73 Å². The highest BCUT2D eigenvalue weighted by Crippen LogP contribution is 2.34. The molecule has 0 saturated heterocycles. The lowest BCUT2D eigenvalue weighted by Gasteiger charge is -2.07. The third kappa shape index (κ3) is 2.47. The molecule has 0 atom stereocenters. The topological polar surface area (TPSA) is 90.3 Å². The molecular weight excluding hydrogens is 332 g/mol. The van der Waals surface area contributed by atoms with Crippen LogP contribution in [0.25, 0.3) is 5.65 Å². The molecule has 0 aliphatic rings. The Labute approximate surface area is 138 Å². The Morgan fingerprint density at radius 1 is 1.22 bits per heavy atom. The maximum Gasteiger partial charge on any atom is 0.213 e. The van der Waals surface area contributed by atoms with Crippen LogP contribution in [0.5, 0.6) is 0 Å². The van der Waals surface area contributed by atoms with Gasteiger partial charge in [-0.3, -0.25) is 0 Å². The lowest BCUT2D eigenvalue weighted by atomic mass is 10.2. The summed E-state index contributed by atoms with van der Waals surface area (Å²) in [6, 6.07) is 8.54. The van der Waals surface area contributed by atoms with Gasteiger partial charge >= 0.3 is 0 Å². The molecule has 0 aliphatic carbocycles. The van der Waals surface area contributed by atoms with Crippen LogP contribution in [0.2, 0.25) is 0 Å². The standard InChI is InChI=1S/C15H16N4O2S2/c1-9-6-4-5-7-11(9)23(20,21)13-14-17-10(2)8-12(16)19(14)18-15(13)22-3/h4-8H,16H2,1-3H3. The zero-order valence-corrected chi connectivity index (χ0v) is 14.6. The highest BCUT2D eigenvalue weighted by molar-refractivity contribution is 7.99. The monoisotopic (exact) mass is 348 g/mol. The Bertz CT molecular complexity index is 1010. The maximum absolute atomic E-state index is 13.2. The van der Waals surface area contributed by atoms with E-state index < -0.39 is 9.84 Å². The molecule has 2 aromatic heterocycles. The second-order valence-corrected chi connectivity index (χ2v) is 7.82. The van der Waals surface area contributed by atoms with Gasteiger partial charge in [0.2, 0.25) is 9.84 Å². The second kappa shape index (κ2) is 5.54. The molecule has 0 saturated carbocycles. The number of nitrogen functional groups attached to an aromatic ring is 1. The van der Waals surface area contributed by atoms with Crippen molar-refractivity contribution in [2.45, 2.75) is 28.7 Å². The Balaban J connectivity index is 2.42. The number of rotatable bonds is 3. The molecule has 2 N–H and O–H groups in total. The summed E-state index contributed by atoms with van der Waals surface area (Å²) in [5, 5.41) is 4.69. The van der Waals surface area contributed by atoms with E-state index in [1.807, 2.05) is 0 Å². The number of anilines is 1. The van der Waals surface area contributed by atoms with Gasteiger partial charge in [-0.1, -0.05) is 18.2 Å². The minimum atomic E-state index is -3.75. The first-order valence-corrected chi connectivity index (χ1v) is 9.57. The fourth-order valence-corrected chi connectivity index (χ4v) is 5.10. The van der Waals surface area contributed by atoms with Crippen molar-refractivity contribution in [3.05, 3.63) is 41.6 Å². The minimum Gasteiger partial charge on any atom is -0.384 e. The molecule has 3 aromatic rings. The summed E-state index contributed by atoms with van der Waals surface area (Å²) < 4.78 is 27.7. The third-order valence-electron chi connectivity index (χ3n) is 3.52. The van der Waals surface area contributed by atoms with E-state index in [1.165, 1.54) is 16.3 Å². The van der Waals surface area contributed by atoms with Crippen molar-refractivity contribution < 1.29 is 8.42 Å². The van der Waals surface area contributed by atoms with Crippen LogP contribution in [0.1, 0.15) is 11.3 Å². The highest BCUT2D eigenvalue weighted by Gasteiger charge is 2.30. The molecule has 0 spiro atoms. The van der Waals surface area contributed by atoms with Crippen LogP contribution in [0, 0.1) is 13.8 Å². The van der Waals surface area contributed by atoms with Crippen LogP contribution in [-0.4, -0.2) is 29.3 Å². The number of aromatic nitrogens is 3. The average Bonchev–Trinajstić information content (AvgIpc) is 2.87. The Morgan fingerprint density at radius 2 is 1.91 bits per heavy atom. The number of hydrogen-bond acceptors (Lipinski definition) is 6. The maximum atomic E-state index is 13.2. The van der Waals surface area contributed by atoms with Crippen molar-refractivity contribution >= 4 is 33.1 Å². The number of thioether (sulfide) groups is 1. The van der Waals surface area contributed by atoms with Gasteiger partial charge in [-0.2, -0.15) is 9.61 Å². The van der Waals surface area contributed by atoms with Gasteiger partial charge in [-0.05, 0) is 31.7 Å². The normalized spacial score (nSPS) is 12.0. The predicted octanol–water partition coefficient (Wildman–Crippen LogP) is 2.48. The first-order valence-electron chi connectivity index (χ1n) is 6.87. The molecule has 0 fully saturated rings. The van der Waals surface area contributed by atoms with Gasteiger partial charge < -0.3 is 5.73 Å². The Hall–Kier alpha value is -2.06. The fraction of sp³-hybridized carbons (Fsp3) is 0.200.